The van der Waals surface area contributed by atoms with Gasteiger partial charge in [0.25, 0.3) is 0 Å². The molecule has 0 radical (unpaired) electrons. The average molecular weight is 500 g/mol. The summed E-state index contributed by atoms with van der Waals surface area (Å²) in [5.74, 6) is -0.755. The van der Waals surface area contributed by atoms with Crippen LogP contribution >= 0.6 is 27.5 Å². The highest BCUT2D eigenvalue weighted by Crippen LogP contribution is 2.71. The molecule has 0 aliphatic heterocycles. The summed E-state index contributed by atoms with van der Waals surface area (Å²) in [5, 5.41) is 11.2. The normalized spacial score (nSPS) is 47.1. The Kier molecular flexibility index (Phi) is 5.19. The number of allylic oxidation sites excluding steroid dienone is 4. The van der Waals surface area contributed by atoms with Crippen LogP contribution in [0.2, 0.25) is 0 Å². The van der Waals surface area contributed by atoms with Gasteiger partial charge in [-0.2, -0.15) is 0 Å². The standard InChI is InChI=1S/C23H28BrClO5/c1-13(26)30-12-19(28)22(29)9-7-16-17-5-4-14-10-15(27)6-8-20(14,2)23(17,24)18(25)11-21(16,22)3/h6,8,10,16-18,29H,4-5,7,9,11-12H2,1-3H3/t16-,17-,18?,20-,21-,22-,23-/m0/s1. The topological polar surface area (TPSA) is 80.7 Å². The van der Waals surface area contributed by atoms with E-state index in [-0.39, 0.29) is 23.0 Å². The van der Waals surface area contributed by atoms with Crippen LogP contribution < -0.4 is 0 Å². The van der Waals surface area contributed by atoms with E-state index in [9.17, 15) is 19.5 Å². The fraction of sp³-hybridized carbons (Fsp3) is 0.696. The lowest BCUT2D eigenvalue weighted by atomic mass is 9.46. The highest BCUT2D eigenvalue weighted by molar-refractivity contribution is 9.10. The predicted molar refractivity (Wildman–Crippen MR) is 116 cm³/mol. The van der Waals surface area contributed by atoms with Crippen molar-refractivity contribution in [2.24, 2.45) is 22.7 Å². The first-order valence-electron chi connectivity index (χ1n) is 10.6. The monoisotopic (exact) mass is 498 g/mol. The van der Waals surface area contributed by atoms with Gasteiger partial charge < -0.3 is 9.84 Å². The molecule has 3 fully saturated rings. The van der Waals surface area contributed by atoms with Gasteiger partial charge in [-0.3, -0.25) is 14.4 Å². The molecular weight excluding hydrogens is 472 g/mol. The molecule has 30 heavy (non-hydrogen) atoms. The predicted octanol–water partition coefficient (Wildman–Crippen LogP) is 3.89. The van der Waals surface area contributed by atoms with Crippen LogP contribution in [0.1, 0.15) is 52.9 Å². The van der Waals surface area contributed by atoms with Gasteiger partial charge in [-0.05, 0) is 56.1 Å². The Morgan fingerprint density at radius 1 is 1.30 bits per heavy atom. The summed E-state index contributed by atoms with van der Waals surface area (Å²) >= 11 is 11.2. The van der Waals surface area contributed by atoms with Crippen LogP contribution in [0.5, 0.6) is 0 Å². The van der Waals surface area contributed by atoms with Crippen LogP contribution in [-0.4, -0.2) is 44.6 Å². The average Bonchev–Trinajstić information content (AvgIpc) is 2.94. The molecule has 4 rings (SSSR count). The minimum Gasteiger partial charge on any atom is -0.458 e. The Bertz CT molecular complexity index is 883. The van der Waals surface area contributed by atoms with Crippen molar-refractivity contribution in [1.29, 1.82) is 0 Å². The number of fused-ring (bicyclic) bond motifs is 5. The lowest BCUT2D eigenvalue weighted by molar-refractivity contribution is -0.166. The van der Waals surface area contributed by atoms with Gasteiger partial charge in [-0.15, -0.1) is 11.6 Å². The SMILES string of the molecule is CC(=O)OCC(=O)[C@@]1(O)CC[C@H]2[C@@H]3CCC4=CC(=O)C=C[C@]4(C)[C@@]3(Br)C(Cl)C[C@@]21C. The van der Waals surface area contributed by atoms with E-state index in [2.05, 4.69) is 22.9 Å². The van der Waals surface area contributed by atoms with Gasteiger partial charge in [0.05, 0.1) is 9.70 Å². The number of Topliss-reactive ketones (excluding diaryl/α,β-unsaturated/α-hetero) is 1. The molecule has 5 nitrogen and oxygen atoms in total. The summed E-state index contributed by atoms with van der Waals surface area (Å²) in [6, 6.07) is 0. The Morgan fingerprint density at radius 2 is 2.00 bits per heavy atom. The number of esters is 1. The summed E-state index contributed by atoms with van der Waals surface area (Å²) < 4.78 is 4.44. The maximum Gasteiger partial charge on any atom is 0.303 e. The largest absolute Gasteiger partial charge is 0.458 e. The van der Waals surface area contributed by atoms with Crippen molar-refractivity contribution in [3.05, 3.63) is 23.8 Å². The van der Waals surface area contributed by atoms with Gasteiger partial charge in [0, 0.05) is 17.8 Å². The first kappa shape index (κ1) is 22.2. The smallest absolute Gasteiger partial charge is 0.303 e. The lowest BCUT2D eigenvalue weighted by Gasteiger charge is -2.64. The van der Waals surface area contributed by atoms with Crippen molar-refractivity contribution < 1.29 is 24.2 Å². The van der Waals surface area contributed by atoms with E-state index in [0.717, 1.165) is 18.4 Å². The van der Waals surface area contributed by atoms with Gasteiger partial charge in [-0.25, -0.2) is 0 Å². The number of hydrogen-bond acceptors (Lipinski definition) is 5. The van der Waals surface area contributed by atoms with Gasteiger partial charge in [0.2, 0.25) is 5.78 Å². The third-order valence-corrected chi connectivity index (χ3v) is 11.3. The Labute approximate surface area is 190 Å². The van der Waals surface area contributed by atoms with Gasteiger partial charge in [0.15, 0.2) is 12.4 Å². The van der Waals surface area contributed by atoms with Crippen molar-refractivity contribution in [2.75, 3.05) is 6.61 Å². The summed E-state index contributed by atoms with van der Waals surface area (Å²) in [6.07, 6.45) is 8.48. The molecule has 0 aromatic heterocycles. The molecule has 0 amide bonds. The van der Waals surface area contributed by atoms with Crippen LogP contribution in [0, 0.1) is 22.7 Å². The molecule has 4 aliphatic carbocycles. The number of ether oxygens (including phenoxy) is 1. The molecule has 7 atom stereocenters. The second-order valence-corrected chi connectivity index (χ2v) is 11.7. The minimum atomic E-state index is -1.57. The Balaban J connectivity index is 1.72. The zero-order valence-corrected chi connectivity index (χ0v) is 19.9. The number of alkyl halides is 2. The summed E-state index contributed by atoms with van der Waals surface area (Å²) in [7, 11) is 0. The molecule has 0 aromatic rings. The molecule has 1 N–H and O–H groups in total. The number of hydrogen-bond donors (Lipinski definition) is 1. The molecule has 0 heterocycles. The Morgan fingerprint density at radius 3 is 2.67 bits per heavy atom. The van der Waals surface area contributed by atoms with Crippen LogP contribution in [0.25, 0.3) is 0 Å². The van der Waals surface area contributed by atoms with Crippen LogP contribution in [0.3, 0.4) is 0 Å². The van der Waals surface area contributed by atoms with Crippen molar-refractivity contribution in [2.45, 2.75) is 68.2 Å². The molecule has 0 bridgehead atoms. The molecule has 4 aliphatic rings. The summed E-state index contributed by atoms with van der Waals surface area (Å²) in [6.45, 7) is 4.93. The number of carbonyl (C=O) groups excluding carboxylic acids is 3. The highest BCUT2D eigenvalue weighted by atomic mass is 79.9. The number of ketones is 2. The number of aliphatic hydroxyl groups is 1. The summed E-state index contributed by atoms with van der Waals surface area (Å²) in [5.41, 5.74) is -1.58. The van der Waals surface area contributed by atoms with Crippen LogP contribution in [-0.2, 0) is 19.1 Å². The van der Waals surface area contributed by atoms with E-state index in [1.165, 1.54) is 6.92 Å². The van der Waals surface area contributed by atoms with E-state index < -0.39 is 39.1 Å². The number of carbonyl (C=O) groups is 3. The molecule has 7 heteroatoms. The van der Waals surface area contributed by atoms with Gasteiger partial charge in [-0.1, -0.05) is 41.4 Å². The van der Waals surface area contributed by atoms with Crippen LogP contribution in [0.4, 0.5) is 0 Å². The van der Waals surface area contributed by atoms with Gasteiger partial charge in [0.1, 0.15) is 5.60 Å². The molecule has 164 valence electrons. The maximum absolute atomic E-state index is 13.0. The third kappa shape index (κ3) is 2.72. The van der Waals surface area contributed by atoms with Crippen molar-refractivity contribution in [3.8, 4) is 0 Å². The zero-order valence-electron chi connectivity index (χ0n) is 17.5. The second kappa shape index (κ2) is 7.01. The van der Waals surface area contributed by atoms with Crippen molar-refractivity contribution >= 4 is 45.1 Å². The molecule has 0 spiro atoms. The highest BCUT2D eigenvalue weighted by Gasteiger charge is 2.72. The first-order valence-corrected chi connectivity index (χ1v) is 11.8. The number of halogens is 2. The van der Waals surface area contributed by atoms with E-state index >= 15 is 0 Å². The fourth-order valence-corrected chi connectivity index (χ4v) is 8.70. The van der Waals surface area contributed by atoms with Crippen LogP contribution in [0.15, 0.2) is 23.8 Å². The number of rotatable bonds is 3. The summed E-state index contributed by atoms with van der Waals surface area (Å²) in [4.78, 5) is 36.1. The molecular formula is C23H28BrClO5. The third-order valence-electron chi connectivity index (χ3n) is 8.62. The van der Waals surface area contributed by atoms with E-state index in [1.807, 2.05) is 13.0 Å². The molecule has 0 aromatic carbocycles. The van der Waals surface area contributed by atoms with E-state index in [0.29, 0.717) is 19.3 Å². The van der Waals surface area contributed by atoms with E-state index in [1.54, 1.807) is 12.2 Å². The maximum atomic E-state index is 13.0. The van der Waals surface area contributed by atoms with E-state index in [4.69, 9.17) is 16.3 Å². The molecule has 1 unspecified atom stereocenters. The second-order valence-electron chi connectivity index (χ2n) is 9.82. The first-order chi connectivity index (χ1) is 13.9. The fourth-order valence-electron chi connectivity index (χ4n) is 6.89. The Hall–Kier alpha value is -0.980. The lowest BCUT2D eigenvalue weighted by Crippen LogP contribution is -2.67. The van der Waals surface area contributed by atoms with Gasteiger partial charge >= 0.3 is 5.97 Å². The molecule has 3 saturated carbocycles. The van der Waals surface area contributed by atoms with Crippen molar-refractivity contribution in [3.63, 3.8) is 0 Å². The van der Waals surface area contributed by atoms with Crippen molar-refractivity contribution in [1.82, 2.24) is 0 Å². The minimum absolute atomic E-state index is 0.00936. The zero-order chi connectivity index (χ0) is 22.1. The quantitative estimate of drug-likeness (QED) is 0.471. The molecule has 0 saturated heterocycles.